The standard InChI is InChI=1S/C12H14F6N2.C3H9N/c13-11(14,15)9-5-8(1-3-20-4-2-19)6-10(7-9)12(16,17)18;1-2-3-4/h5-7,20H,1-4,19H2;2-4H2,1H3. The van der Waals surface area contributed by atoms with Gasteiger partial charge in [-0.25, -0.2) is 0 Å². The highest BCUT2D eigenvalue weighted by Gasteiger charge is 2.36. The minimum absolute atomic E-state index is 0.0170. The van der Waals surface area contributed by atoms with E-state index in [4.69, 9.17) is 11.5 Å². The minimum atomic E-state index is -4.80. The normalized spacial score (nSPS) is 11.9. The molecule has 0 aromatic heterocycles. The second-order valence-electron chi connectivity index (χ2n) is 4.99. The van der Waals surface area contributed by atoms with E-state index in [1.54, 1.807) is 0 Å². The number of rotatable bonds is 6. The Balaban J connectivity index is 0.00000118. The first kappa shape index (κ1) is 22.7. The summed E-state index contributed by atoms with van der Waals surface area (Å²) in [4.78, 5) is 0. The number of alkyl halides is 6. The molecule has 0 radical (unpaired) electrons. The Morgan fingerprint density at radius 1 is 0.833 bits per heavy atom. The third-order valence-corrected chi connectivity index (χ3v) is 2.85. The molecule has 0 saturated heterocycles. The highest BCUT2D eigenvalue weighted by atomic mass is 19.4. The third kappa shape index (κ3) is 9.09. The average Bonchev–Trinajstić information content (AvgIpc) is 2.50. The Labute approximate surface area is 137 Å². The van der Waals surface area contributed by atoms with Gasteiger partial charge in [0.15, 0.2) is 0 Å². The van der Waals surface area contributed by atoms with Crippen molar-refractivity contribution in [2.75, 3.05) is 26.2 Å². The lowest BCUT2D eigenvalue weighted by Crippen LogP contribution is -2.24. The van der Waals surface area contributed by atoms with Gasteiger partial charge in [0.25, 0.3) is 0 Å². The van der Waals surface area contributed by atoms with Crippen LogP contribution in [0.5, 0.6) is 0 Å². The van der Waals surface area contributed by atoms with Crippen molar-refractivity contribution in [2.45, 2.75) is 32.1 Å². The van der Waals surface area contributed by atoms with Crippen LogP contribution in [-0.2, 0) is 18.8 Å². The van der Waals surface area contributed by atoms with Crippen molar-refractivity contribution in [3.05, 3.63) is 34.9 Å². The van der Waals surface area contributed by atoms with Crippen LogP contribution in [0.25, 0.3) is 0 Å². The summed E-state index contributed by atoms with van der Waals surface area (Å²) in [6.45, 7) is 3.93. The number of hydrogen-bond acceptors (Lipinski definition) is 3. The van der Waals surface area contributed by atoms with E-state index >= 15 is 0 Å². The lowest BCUT2D eigenvalue weighted by atomic mass is 10.0. The van der Waals surface area contributed by atoms with Crippen LogP contribution >= 0.6 is 0 Å². The summed E-state index contributed by atoms with van der Waals surface area (Å²) in [6, 6.07) is 1.59. The van der Waals surface area contributed by atoms with Gasteiger partial charge in [-0.05, 0) is 49.7 Å². The van der Waals surface area contributed by atoms with Gasteiger partial charge in [0.2, 0.25) is 0 Å². The van der Waals surface area contributed by atoms with Crippen LogP contribution in [0.2, 0.25) is 0 Å². The minimum Gasteiger partial charge on any atom is -0.330 e. The van der Waals surface area contributed by atoms with Gasteiger partial charge in [0, 0.05) is 13.1 Å². The van der Waals surface area contributed by atoms with Crippen molar-refractivity contribution in [1.82, 2.24) is 5.32 Å². The molecular formula is C15H23F6N3. The van der Waals surface area contributed by atoms with E-state index < -0.39 is 23.5 Å². The van der Waals surface area contributed by atoms with Gasteiger partial charge in [0.05, 0.1) is 11.1 Å². The Hall–Kier alpha value is -1.32. The van der Waals surface area contributed by atoms with Gasteiger partial charge in [-0.15, -0.1) is 0 Å². The van der Waals surface area contributed by atoms with Crippen LogP contribution in [-0.4, -0.2) is 26.2 Å². The third-order valence-electron chi connectivity index (χ3n) is 2.85. The van der Waals surface area contributed by atoms with Crippen LogP contribution in [0.3, 0.4) is 0 Å². The SMILES string of the molecule is CCCN.NCCNCCc1cc(C(F)(F)F)cc(C(F)(F)F)c1. The van der Waals surface area contributed by atoms with Crippen molar-refractivity contribution in [1.29, 1.82) is 0 Å². The maximum absolute atomic E-state index is 12.6. The molecule has 0 fully saturated rings. The molecular weight excluding hydrogens is 336 g/mol. The quantitative estimate of drug-likeness (QED) is 0.540. The van der Waals surface area contributed by atoms with E-state index in [1.165, 1.54) is 0 Å². The first-order valence-corrected chi connectivity index (χ1v) is 7.45. The predicted octanol–water partition coefficient (Wildman–Crippen LogP) is 3.17. The number of nitrogens with two attached hydrogens (primary N) is 2. The molecule has 5 N–H and O–H groups in total. The zero-order valence-corrected chi connectivity index (χ0v) is 13.4. The zero-order valence-electron chi connectivity index (χ0n) is 13.4. The summed E-state index contributed by atoms with van der Waals surface area (Å²) < 4.78 is 75.5. The summed E-state index contributed by atoms with van der Waals surface area (Å²) in [5, 5.41) is 2.81. The molecule has 1 aromatic carbocycles. The first-order valence-electron chi connectivity index (χ1n) is 7.45. The molecule has 0 aliphatic heterocycles. The molecule has 0 unspecified atom stereocenters. The van der Waals surface area contributed by atoms with E-state index in [-0.39, 0.29) is 24.6 Å². The van der Waals surface area contributed by atoms with E-state index in [1.807, 2.05) is 0 Å². The number of benzene rings is 1. The molecule has 1 aromatic rings. The number of hydrogen-bond donors (Lipinski definition) is 3. The summed E-state index contributed by atoms with van der Waals surface area (Å²) >= 11 is 0. The van der Waals surface area contributed by atoms with Crippen molar-refractivity contribution in [3.63, 3.8) is 0 Å². The van der Waals surface area contributed by atoms with Gasteiger partial charge in [-0.3, -0.25) is 0 Å². The Morgan fingerprint density at radius 2 is 1.29 bits per heavy atom. The van der Waals surface area contributed by atoms with E-state index in [0.29, 0.717) is 13.1 Å². The predicted molar refractivity (Wildman–Crippen MR) is 81.4 cm³/mol. The molecule has 9 heteroatoms. The highest BCUT2D eigenvalue weighted by molar-refractivity contribution is 5.33. The van der Waals surface area contributed by atoms with Crippen molar-refractivity contribution in [3.8, 4) is 0 Å². The van der Waals surface area contributed by atoms with Crippen molar-refractivity contribution >= 4 is 0 Å². The van der Waals surface area contributed by atoms with Gasteiger partial charge in [0.1, 0.15) is 0 Å². The lowest BCUT2D eigenvalue weighted by molar-refractivity contribution is -0.143. The monoisotopic (exact) mass is 359 g/mol. The van der Waals surface area contributed by atoms with Crippen LogP contribution in [0.15, 0.2) is 18.2 Å². The van der Waals surface area contributed by atoms with E-state index in [9.17, 15) is 26.3 Å². The maximum atomic E-state index is 12.6. The van der Waals surface area contributed by atoms with Crippen LogP contribution in [0.1, 0.15) is 30.0 Å². The van der Waals surface area contributed by atoms with Crippen molar-refractivity contribution in [2.24, 2.45) is 11.5 Å². The molecule has 0 amide bonds. The van der Waals surface area contributed by atoms with Gasteiger partial charge in [-0.2, -0.15) is 26.3 Å². The average molecular weight is 359 g/mol. The molecule has 140 valence electrons. The molecule has 0 heterocycles. The van der Waals surface area contributed by atoms with E-state index in [2.05, 4.69) is 12.2 Å². The Bertz CT molecular complexity index is 437. The summed E-state index contributed by atoms with van der Waals surface area (Å²) in [7, 11) is 0. The van der Waals surface area contributed by atoms with Gasteiger partial charge in [-0.1, -0.05) is 6.92 Å². The molecule has 0 bridgehead atoms. The molecule has 1 rings (SSSR count). The Kier molecular flexibility index (Phi) is 9.95. The zero-order chi connectivity index (χ0) is 18.8. The van der Waals surface area contributed by atoms with Crippen LogP contribution in [0, 0.1) is 0 Å². The highest BCUT2D eigenvalue weighted by Crippen LogP contribution is 2.36. The van der Waals surface area contributed by atoms with Gasteiger partial charge < -0.3 is 16.8 Å². The molecule has 3 nitrogen and oxygen atoms in total. The maximum Gasteiger partial charge on any atom is 0.416 e. The summed E-state index contributed by atoms with van der Waals surface area (Å²) in [5.74, 6) is 0. The number of halogens is 6. The summed E-state index contributed by atoms with van der Waals surface area (Å²) in [6.07, 6.45) is -8.45. The fourth-order valence-corrected chi connectivity index (χ4v) is 1.62. The smallest absolute Gasteiger partial charge is 0.330 e. The molecule has 0 atom stereocenters. The summed E-state index contributed by atoms with van der Waals surface area (Å²) in [5.41, 5.74) is 7.64. The van der Waals surface area contributed by atoms with Gasteiger partial charge >= 0.3 is 12.4 Å². The van der Waals surface area contributed by atoms with E-state index in [0.717, 1.165) is 25.1 Å². The number of nitrogens with one attached hydrogen (secondary N) is 1. The first-order chi connectivity index (χ1) is 11.1. The topological polar surface area (TPSA) is 64.1 Å². The molecule has 0 aliphatic rings. The van der Waals surface area contributed by atoms with Crippen LogP contribution in [0.4, 0.5) is 26.3 Å². The molecule has 24 heavy (non-hydrogen) atoms. The lowest BCUT2D eigenvalue weighted by Gasteiger charge is -2.14. The fourth-order valence-electron chi connectivity index (χ4n) is 1.62. The molecule has 0 spiro atoms. The molecule has 0 aliphatic carbocycles. The van der Waals surface area contributed by atoms with Crippen LogP contribution < -0.4 is 16.8 Å². The van der Waals surface area contributed by atoms with Crippen molar-refractivity contribution < 1.29 is 26.3 Å². The fraction of sp³-hybridized carbons (Fsp3) is 0.600. The molecule has 0 saturated carbocycles. The second-order valence-corrected chi connectivity index (χ2v) is 4.99. The Morgan fingerprint density at radius 3 is 1.62 bits per heavy atom. The largest absolute Gasteiger partial charge is 0.416 e. The second kappa shape index (κ2) is 10.5.